The van der Waals surface area contributed by atoms with E-state index in [9.17, 15) is 19.2 Å². The van der Waals surface area contributed by atoms with Crippen LogP contribution in [0.25, 0.3) is 0 Å². The van der Waals surface area contributed by atoms with Crippen LogP contribution in [0.15, 0.2) is 54.6 Å². The molecular weight excluding hydrogens is 376 g/mol. The van der Waals surface area contributed by atoms with Gasteiger partial charge in [0.2, 0.25) is 0 Å². The van der Waals surface area contributed by atoms with Gasteiger partial charge in [0.25, 0.3) is 11.8 Å². The number of benzene rings is 2. The maximum absolute atomic E-state index is 12.0. The first kappa shape index (κ1) is 21.6. The summed E-state index contributed by atoms with van der Waals surface area (Å²) in [5, 5.41) is 5.25. The van der Waals surface area contributed by atoms with Crippen molar-refractivity contribution in [2.24, 2.45) is 0 Å². The lowest BCUT2D eigenvalue weighted by Crippen LogP contribution is -2.35. The molecule has 1 atom stereocenters. The standard InChI is InChI=1S/C21H22N2O6/c1-14(22-20(26)15-6-4-3-5-7-15)12-19(25)29-13-18(24)23-17-10-8-16(9-11-17)21(27)28-2/h3-11,14H,12-13H2,1-2H3,(H,22,26)(H,23,24). The fourth-order valence-corrected chi connectivity index (χ4v) is 2.41. The molecule has 0 saturated carbocycles. The Morgan fingerprint density at radius 1 is 0.931 bits per heavy atom. The molecule has 2 aromatic rings. The fraction of sp³-hybridized carbons (Fsp3) is 0.238. The normalized spacial score (nSPS) is 11.1. The number of carbonyl (C=O) groups excluding carboxylic acids is 4. The number of anilines is 1. The number of hydrogen-bond donors (Lipinski definition) is 2. The highest BCUT2D eigenvalue weighted by Gasteiger charge is 2.15. The smallest absolute Gasteiger partial charge is 0.337 e. The molecule has 152 valence electrons. The lowest BCUT2D eigenvalue weighted by Gasteiger charge is -2.13. The molecule has 8 heteroatoms. The van der Waals surface area contributed by atoms with Crippen LogP contribution in [0.4, 0.5) is 5.69 Å². The van der Waals surface area contributed by atoms with Gasteiger partial charge in [0.15, 0.2) is 6.61 Å². The summed E-state index contributed by atoms with van der Waals surface area (Å²) in [7, 11) is 1.28. The van der Waals surface area contributed by atoms with E-state index in [0.29, 0.717) is 16.8 Å². The van der Waals surface area contributed by atoms with Crippen LogP contribution in [-0.2, 0) is 19.1 Å². The van der Waals surface area contributed by atoms with Crippen molar-refractivity contribution in [2.75, 3.05) is 19.0 Å². The van der Waals surface area contributed by atoms with Crippen LogP contribution in [0.5, 0.6) is 0 Å². The molecule has 29 heavy (non-hydrogen) atoms. The van der Waals surface area contributed by atoms with Crippen LogP contribution in [0, 0.1) is 0 Å². The van der Waals surface area contributed by atoms with Gasteiger partial charge in [-0.2, -0.15) is 0 Å². The van der Waals surface area contributed by atoms with Crippen molar-refractivity contribution < 1.29 is 28.7 Å². The summed E-state index contributed by atoms with van der Waals surface area (Å²) >= 11 is 0. The Hall–Kier alpha value is -3.68. The van der Waals surface area contributed by atoms with Gasteiger partial charge < -0.3 is 20.1 Å². The zero-order valence-corrected chi connectivity index (χ0v) is 16.1. The minimum atomic E-state index is -0.609. The summed E-state index contributed by atoms with van der Waals surface area (Å²) in [6.07, 6.45) is -0.0698. The summed E-state index contributed by atoms with van der Waals surface area (Å²) in [5.41, 5.74) is 1.29. The SMILES string of the molecule is COC(=O)c1ccc(NC(=O)COC(=O)CC(C)NC(=O)c2ccccc2)cc1. The second-order valence-corrected chi connectivity index (χ2v) is 6.22. The van der Waals surface area contributed by atoms with E-state index < -0.39 is 30.5 Å². The van der Waals surface area contributed by atoms with Crippen LogP contribution in [0.2, 0.25) is 0 Å². The molecule has 0 aliphatic heterocycles. The van der Waals surface area contributed by atoms with Gasteiger partial charge in [-0.05, 0) is 43.3 Å². The third-order valence-electron chi connectivity index (χ3n) is 3.84. The van der Waals surface area contributed by atoms with Crippen LogP contribution in [0.1, 0.15) is 34.1 Å². The van der Waals surface area contributed by atoms with E-state index in [1.807, 2.05) is 0 Å². The first-order valence-electron chi connectivity index (χ1n) is 8.89. The average molecular weight is 398 g/mol. The van der Waals surface area contributed by atoms with Crippen LogP contribution >= 0.6 is 0 Å². The average Bonchev–Trinajstić information content (AvgIpc) is 2.72. The lowest BCUT2D eigenvalue weighted by atomic mass is 10.2. The predicted molar refractivity (Wildman–Crippen MR) is 105 cm³/mol. The molecule has 1 unspecified atom stereocenters. The molecule has 0 heterocycles. The first-order valence-corrected chi connectivity index (χ1v) is 8.89. The van der Waals surface area contributed by atoms with Gasteiger partial charge in [0.05, 0.1) is 19.1 Å². The molecule has 0 spiro atoms. The molecule has 0 fully saturated rings. The topological polar surface area (TPSA) is 111 Å². The summed E-state index contributed by atoms with van der Waals surface area (Å²) in [6, 6.07) is 14.3. The fourth-order valence-electron chi connectivity index (χ4n) is 2.41. The molecule has 2 rings (SSSR count). The molecule has 0 aliphatic carbocycles. The maximum Gasteiger partial charge on any atom is 0.337 e. The monoisotopic (exact) mass is 398 g/mol. The molecule has 2 amide bonds. The molecule has 0 bridgehead atoms. The minimum Gasteiger partial charge on any atom is -0.465 e. The minimum absolute atomic E-state index is 0.0698. The molecule has 8 nitrogen and oxygen atoms in total. The van der Waals surface area contributed by atoms with Crippen molar-refractivity contribution in [2.45, 2.75) is 19.4 Å². The molecule has 0 aliphatic rings. The predicted octanol–water partition coefficient (Wildman–Crippen LogP) is 2.16. The van der Waals surface area contributed by atoms with Crippen molar-refractivity contribution in [3.05, 3.63) is 65.7 Å². The largest absolute Gasteiger partial charge is 0.465 e. The third-order valence-corrected chi connectivity index (χ3v) is 3.84. The molecular formula is C21H22N2O6. The highest BCUT2D eigenvalue weighted by atomic mass is 16.5. The van der Waals surface area contributed by atoms with Gasteiger partial charge in [-0.25, -0.2) is 4.79 Å². The van der Waals surface area contributed by atoms with Crippen molar-refractivity contribution in [3.63, 3.8) is 0 Å². The van der Waals surface area contributed by atoms with Gasteiger partial charge in [-0.3, -0.25) is 14.4 Å². The Bertz CT molecular complexity index is 864. The highest BCUT2D eigenvalue weighted by molar-refractivity contribution is 5.95. The molecule has 0 aromatic heterocycles. The van der Waals surface area contributed by atoms with Gasteiger partial charge in [0, 0.05) is 17.3 Å². The molecule has 0 radical (unpaired) electrons. The van der Waals surface area contributed by atoms with Crippen molar-refractivity contribution in [1.82, 2.24) is 5.32 Å². The maximum atomic E-state index is 12.0. The van der Waals surface area contributed by atoms with E-state index >= 15 is 0 Å². The van der Waals surface area contributed by atoms with Gasteiger partial charge >= 0.3 is 11.9 Å². The van der Waals surface area contributed by atoms with E-state index in [0.717, 1.165) is 0 Å². The van der Waals surface area contributed by atoms with E-state index in [2.05, 4.69) is 15.4 Å². The zero-order valence-electron chi connectivity index (χ0n) is 16.1. The first-order chi connectivity index (χ1) is 13.9. The Morgan fingerprint density at radius 2 is 1.59 bits per heavy atom. The Morgan fingerprint density at radius 3 is 2.21 bits per heavy atom. The van der Waals surface area contributed by atoms with E-state index in [4.69, 9.17) is 4.74 Å². The highest BCUT2D eigenvalue weighted by Crippen LogP contribution is 2.10. The number of hydrogen-bond acceptors (Lipinski definition) is 6. The molecule has 2 aromatic carbocycles. The van der Waals surface area contributed by atoms with Crippen LogP contribution < -0.4 is 10.6 Å². The summed E-state index contributed by atoms with van der Waals surface area (Å²) in [5.74, 6) is -1.91. The second kappa shape index (κ2) is 10.6. The zero-order chi connectivity index (χ0) is 21.2. The van der Waals surface area contributed by atoms with Crippen molar-refractivity contribution in [3.8, 4) is 0 Å². The summed E-state index contributed by atoms with van der Waals surface area (Å²) < 4.78 is 9.53. The lowest BCUT2D eigenvalue weighted by molar-refractivity contribution is -0.147. The Balaban J connectivity index is 1.73. The molecule has 0 saturated heterocycles. The number of carbonyl (C=O) groups is 4. The number of nitrogens with one attached hydrogen (secondary N) is 2. The number of ether oxygens (including phenoxy) is 2. The Kier molecular flexibility index (Phi) is 7.90. The number of rotatable bonds is 8. The third kappa shape index (κ3) is 7.10. The van der Waals surface area contributed by atoms with E-state index in [1.54, 1.807) is 37.3 Å². The Labute approximate surface area is 168 Å². The van der Waals surface area contributed by atoms with E-state index in [1.165, 1.54) is 31.4 Å². The quantitative estimate of drug-likeness (QED) is 0.660. The van der Waals surface area contributed by atoms with E-state index in [-0.39, 0.29) is 12.3 Å². The van der Waals surface area contributed by atoms with Crippen LogP contribution in [-0.4, -0.2) is 43.5 Å². The van der Waals surface area contributed by atoms with Gasteiger partial charge in [-0.15, -0.1) is 0 Å². The second-order valence-electron chi connectivity index (χ2n) is 6.22. The van der Waals surface area contributed by atoms with Crippen LogP contribution in [0.3, 0.4) is 0 Å². The number of amides is 2. The molecule has 2 N–H and O–H groups in total. The summed E-state index contributed by atoms with van der Waals surface area (Å²) in [6.45, 7) is 1.21. The van der Waals surface area contributed by atoms with Gasteiger partial charge in [0.1, 0.15) is 0 Å². The van der Waals surface area contributed by atoms with Crippen molar-refractivity contribution in [1.29, 1.82) is 0 Å². The number of methoxy groups -OCH3 is 1. The summed E-state index contributed by atoms with van der Waals surface area (Å²) in [4.78, 5) is 47.2. The van der Waals surface area contributed by atoms with Gasteiger partial charge in [-0.1, -0.05) is 18.2 Å². The van der Waals surface area contributed by atoms with Crippen molar-refractivity contribution >= 4 is 29.4 Å². The number of esters is 2.